The zero-order chi connectivity index (χ0) is 12.8. The lowest BCUT2D eigenvalue weighted by Crippen LogP contribution is -2.43. The summed E-state index contributed by atoms with van der Waals surface area (Å²) in [5, 5.41) is 2.53. The number of hydrogen-bond donors (Lipinski definition) is 2. The molecule has 1 saturated carbocycles. The van der Waals surface area contributed by atoms with Crippen LogP contribution in [0.15, 0.2) is 0 Å². The van der Waals surface area contributed by atoms with Crippen molar-refractivity contribution in [2.75, 3.05) is 19.6 Å². The first-order valence-corrected chi connectivity index (χ1v) is 6.30. The standard InChI is InChI=1S/C12H23N3O2/c1-9(2)5-6-15(10-3-4-10)12(17)8-14-11(16)7-13/h9-10H,3-8,13H2,1-2H3,(H,14,16). The highest BCUT2D eigenvalue weighted by molar-refractivity contribution is 5.85. The molecular formula is C12H23N3O2. The monoisotopic (exact) mass is 241 g/mol. The minimum atomic E-state index is -0.280. The Morgan fingerprint density at radius 1 is 1.41 bits per heavy atom. The van der Waals surface area contributed by atoms with E-state index in [0.717, 1.165) is 25.8 Å². The third kappa shape index (κ3) is 5.17. The molecule has 1 aliphatic rings. The van der Waals surface area contributed by atoms with Gasteiger partial charge >= 0.3 is 0 Å². The molecular weight excluding hydrogens is 218 g/mol. The van der Waals surface area contributed by atoms with Gasteiger partial charge in [0.2, 0.25) is 11.8 Å². The third-order valence-electron chi connectivity index (χ3n) is 2.88. The molecule has 0 aromatic carbocycles. The van der Waals surface area contributed by atoms with Crippen molar-refractivity contribution in [3.63, 3.8) is 0 Å². The fourth-order valence-electron chi connectivity index (χ4n) is 1.64. The van der Waals surface area contributed by atoms with Crippen LogP contribution in [0.3, 0.4) is 0 Å². The summed E-state index contributed by atoms with van der Waals surface area (Å²) in [5.41, 5.74) is 5.17. The first-order chi connectivity index (χ1) is 8.04. The maximum absolute atomic E-state index is 11.9. The normalized spacial score (nSPS) is 14.8. The maximum atomic E-state index is 11.9. The molecule has 0 aromatic rings. The van der Waals surface area contributed by atoms with Gasteiger partial charge in [0, 0.05) is 12.6 Å². The topological polar surface area (TPSA) is 75.4 Å². The van der Waals surface area contributed by atoms with Crippen molar-refractivity contribution in [2.24, 2.45) is 11.7 Å². The van der Waals surface area contributed by atoms with Crippen LogP contribution in [-0.4, -0.2) is 42.4 Å². The molecule has 98 valence electrons. The molecule has 0 radical (unpaired) electrons. The van der Waals surface area contributed by atoms with Gasteiger partial charge in [0.15, 0.2) is 0 Å². The van der Waals surface area contributed by atoms with E-state index in [9.17, 15) is 9.59 Å². The number of nitrogens with one attached hydrogen (secondary N) is 1. The average molecular weight is 241 g/mol. The molecule has 0 aliphatic heterocycles. The molecule has 1 fully saturated rings. The number of amides is 2. The van der Waals surface area contributed by atoms with Crippen molar-refractivity contribution in [1.82, 2.24) is 10.2 Å². The zero-order valence-corrected chi connectivity index (χ0v) is 10.7. The maximum Gasteiger partial charge on any atom is 0.242 e. The number of carbonyl (C=O) groups excluding carboxylic acids is 2. The van der Waals surface area contributed by atoms with E-state index in [0.29, 0.717) is 12.0 Å². The molecule has 0 saturated heterocycles. The Balaban J connectivity index is 2.35. The molecule has 0 atom stereocenters. The highest BCUT2D eigenvalue weighted by Crippen LogP contribution is 2.27. The van der Waals surface area contributed by atoms with E-state index in [1.165, 1.54) is 0 Å². The first-order valence-electron chi connectivity index (χ1n) is 6.30. The van der Waals surface area contributed by atoms with Crippen molar-refractivity contribution in [3.05, 3.63) is 0 Å². The van der Waals surface area contributed by atoms with Gasteiger partial charge in [-0.25, -0.2) is 0 Å². The van der Waals surface area contributed by atoms with Crippen LogP contribution in [0.5, 0.6) is 0 Å². The lowest BCUT2D eigenvalue weighted by molar-refractivity contribution is -0.133. The number of nitrogens with two attached hydrogens (primary N) is 1. The van der Waals surface area contributed by atoms with Gasteiger partial charge in [0.1, 0.15) is 0 Å². The Hall–Kier alpha value is -1.10. The van der Waals surface area contributed by atoms with Crippen molar-refractivity contribution >= 4 is 11.8 Å². The van der Waals surface area contributed by atoms with Crippen LogP contribution in [-0.2, 0) is 9.59 Å². The lowest BCUT2D eigenvalue weighted by Gasteiger charge is -2.23. The predicted molar refractivity (Wildman–Crippen MR) is 66.3 cm³/mol. The summed E-state index contributed by atoms with van der Waals surface area (Å²) in [7, 11) is 0. The van der Waals surface area contributed by atoms with Crippen LogP contribution in [0.1, 0.15) is 33.1 Å². The predicted octanol–water partition coefficient (Wildman–Crippen LogP) is 0.0984. The molecule has 3 N–H and O–H groups in total. The summed E-state index contributed by atoms with van der Waals surface area (Å²) in [6, 6.07) is 0.399. The number of hydrogen-bond acceptors (Lipinski definition) is 3. The molecule has 5 heteroatoms. The smallest absolute Gasteiger partial charge is 0.242 e. The Labute approximate surface area is 103 Å². The Morgan fingerprint density at radius 3 is 2.53 bits per heavy atom. The molecule has 5 nitrogen and oxygen atoms in total. The van der Waals surface area contributed by atoms with Crippen LogP contribution in [0.2, 0.25) is 0 Å². The number of nitrogens with zero attached hydrogens (tertiary/aromatic N) is 1. The number of rotatable bonds is 7. The van der Waals surface area contributed by atoms with Crippen LogP contribution in [0, 0.1) is 5.92 Å². The highest BCUT2D eigenvalue weighted by atomic mass is 16.2. The van der Waals surface area contributed by atoms with Crippen molar-refractivity contribution in [1.29, 1.82) is 0 Å². The summed E-state index contributed by atoms with van der Waals surface area (Å²) < 4.78 is 0. The lowest BCUT2D eigenvalue weighted by atomic mass is 10.1. The fraction of sp³-hybridized carbons (Fsp3) is 0.833. The van der Waals surface area contributed by atoms with E-state index in [1.54, 1.807) is 0 Å². The Kier molecular flexibility index (Phi) is 5.41. The van der Waals surface area contributed by atoms with Gasteiger partial charge in [-0.1, -0.05) is 13.8 Å². The molecule has 1 rings (SSSR count). The van der Waals surface area contributed by atoms with Gasteiger partial charge < -0.3 is 16.0 Å². The second-order valence-electron chi connectivity index (χ2n) is 4.98. The minimum Gasteiger partial charge on any atom is -0.346 e. The van der Waals surface area contributed by atoms with Crippen molar-refractivity contribution < 1.29 is 9.59 Å². The zero-order valence-electron chi connectivity index (χ0n) is 10.7. The van der Waals surface area contributed by atoms with Gasteiger partial charge in [0.05, 0.1) is 13.1 Å². The van der Waals surface area contributed by atoms with Crippen LogP contribution in [0.25, 0.3) is 0 Å². The second kappa shape index (κ2) is 6.59. The van der Waals surface area contributed by atoms with Gasteiger partial charge in [-0.2, -0.15) is 0 Å². The summed E-state index contributed by atoms with van der Waals surface area (Å²) in [6.45, 7) is 5.09. The first kappa shape index (κ1) is 14.0. The molecule has 0 spiro atoms. The van der Waals surface area contributed by atoms with Crippen molar-refractivity contribution in [3.8, 4) is 0 Å². The fourth-order valence-corrected chi connectivity index (χ4v) is 1.64. The third-order valence-corrected chi connectivity index (χ3v) is 2.88. The highest BCUT2D eigenvalue weighted by Gasteiger charge is 2.32. The molecule has 2 amide bonds. The molecule has 1 aliphatic carbocycles. The molecule has 0 unspecified atom stereocenters. The average Bonchev–Trinajstić information content (AvgIpc) is 3.09. The largest absolute Gasteiger partial charge is 0.346 e. The van der Waals surface area contributed by atoms with Gasteiger partial charge in [-0.15, -0.1) is 0 Å². The van der Waals surface area contributed by atoms with Gasteiger partial charge in [0.25, 0.3) is 0 Å². The van der Waals surface area contributed by atoms with Gasteiger partial charge in [-0.05, 0) is 25.2 Å². The van der Waals surface area contributed by atoms with Gasteiger partial charge in [-0.3, -0.25) is 9.59 Å². The summed E-state index contributed by atoms with van der Waals surface area (Å²) in [5.74, 6) is 0.315. The van der Waals surface area contributed by atoms with E-state index in [1.807, 2.05) is 4.90 Å². The van der Waals surface area contributed by atoms with E-state index < -0.39 is 0 Å². The van der Waals surface area contributed by atoms with E-state index in [-0.39, 0.29) is 24.9 Å². The van der Waals surface area contributed by atoms with E-state index >= 15 is 0 Å². The second-order valence-corrected chi connectivity index (χ2v) is 4.98. The summed E-state index contributed by atoms with van der Waals surface area (Å²) in [6.07, 6.45) is 3.19. The molecule has 17 heavy (non-hydrogen) atoms. The van der Waals surface area contributed by atoms with Crippen LogP contribution in [0.4, 0.5) is 0 Å². The van der Waals surface area contributed by atoms with E-state index in [2.05, 4.69) is 19.2 Å². The summed E-state index contributed by atoms with van der Waals surface area (Å²) in [4.78, 5) is 24.8. The SMILES string of the molecule is CC(C)CCN(C(=O)CNC(=O)CN)C1CC1. The Morgan fingerprint density at radius 2 is 2.06 bits per heavy atom. The quantitative estimate of drug-likeness (QED) is 0.663. The Bertz CT molecular complexity index is 275. The van der Waals surface area contributed by atoms with Crippen LogP contribution < -0.4 is 11.1 Å². The molecule has 0 aromatic heterocycles. The molecule has 0 bridgehead atoms. The van der Waals surface area contributed by atoms with E-state index in [4.69, 9.17) is 5.73 Å². The van der Waals surface area contributed by atoms with Crippen molar-refractivity contribution in [2.45, 2.75) is 39.2 Å². The number of carbonyl (C=O) groups is 2. The van der Waals surface area contributed by atoms with Crippen LogP contribution >= 0.6 is 0 Å². The summed E-state index contributed by atoms with van der Waals surface area (Å²) >= 11 is 0. The minimum absolute atomic E-state index is 0.00921. The molecule has 0 heterocycles.